The summed E-state index contributed by atoms with van der Waals surface area (Å²) in [5.41, 5.74) is 1.37. The van der Waals surface area contributed by atoms with Crippen LogP contribution in [0.4, 0.5) is 22.9 Å². The van der Waals surface area contributed by atoms with E-state index >= 15 is 0 Å². The van der Waals surface area contributed by atoms with Crippen molar-refractivity contribution in [2.24, 2.45) is 10.2 Å². The number of phenolic OH excluding ortho intramolecular Hbond substituents is 1. The Kier molecular flexibility index (Phi) is 6.31. The van der Waals surface area contributed by atoms with E-state index in [2.05, 4.69) is 35.5 Å². The van der Waals surface area contributed by atoms with E-state index in [4.69, 9.17) is 6.57 Å². The number of anilines is 1. The van der Waals surface area contributed by atoms with Crippen molar-refractivity contribution in [1.82, 2.24) is 19.7 Å². The van der Waals surface area contributed by atoms with Crippen molar-refractivity contribution in [3.05, 3.63) is 102 Å². The van der Waals surface area contributed by atoms with Crippen molar-refractivity contribution >= 4 is 39.6 Å². The number of aromatic nitrogens is 4. The summed E-state index contributed by atoms with van der Waals surface area (Å²) in [5.74, 6) is -0.497. The number of nitrogens with zero attached hydrogens (tertiary/aromatic N) is 7. The van der Waals surface area contributed by atoms with E-state index in [0.29, 0.717) is 27.8 Å². The number of aliphatic hydroxyl groups is 1. The molecule has 3 aromatic carbocycles. The lowest BCUT2D eigenvalue weighted by Gasteiger charge is -2.11. The van der Waals surface area contributed by atoms with Gasteiger partial charge in [-0.05, 0) is 29.1 Å². The maximum atomic E-state index is 13.1. The molecule has 0 atom stereocenters. The van der Waals surface area contributed by atoms with Gasteiger partial charge in [0, 0.05) is 23.5 Å². The van der Waals surface area contributed by atoms with Gasteiger partial charge in [0.05, 0.1) is 31.1 Å². The van der Waals surface area contributed by atoms with Crippen molar-refractivity contribution in [3.63, 3.8) is 0 Å². The fraction of sp³-hybridized carbons (Fsp3) is 0.0385. The second kappa shape index (κ2) is 10.0. The van der Waals surface area contributed by atoms with Crippen LogP contribution in [0.3, 0.4) is 0 Å². The summed E-state index contributed by atoms with van der Waals surface area (Å²) in [6.45, 7) is 7.35. The highest BCUT2D eigenvalue weighted by atomic mass is 16.3. The molecule has 0 spiro atoms. The Hall–Kier alpha value is -5.47. The number of hydrogen-bond donors (Lipinski definition) is 3. The van der Waals surface area contributed by atoms with Crippen LogP contribution in [0.1, 0.15) is 15.9 Å². The van der Waals surface area contributed by atoms with Crippen molar-refractivity contribution in [3.8, 4) is 11.6 Å². The number of carbonyl (C=O) groups is 1. The molecule has 2 aromatic heterocycles. The molecule has 0 aliphatic heterocycles. The second-order valence-electron chi connectivity index (χ2n) is 7.79. The lowest BCUT2D eigenvalue weighted by molar-refractivity contribution is 0.102. The smallest absolute Gasteiger partial charge is 0.259 e. The Morgan fingerprint density at radius 3 is 2.62 bits per heavy atom. The Balaban J connectivity index is 1.58. The molecular weight excluding hydrogens is 472 g/mol. The molecule has 1 amide bonds. The number of amides is 1. The number of rotatable bonds is 6. The van der Waals surface area contributed by atoms with Gasteiger partial charge in [-0.25, -0.2) is 14.5 Å². The standard InChI is InChI=1S/C26H18N8O3/c1-27-21-13-30-34(22-14-28-10-11-29-22)25(21)33-32-23-19-5-3-2-4-17(19)12-20(24(23)36)26(37)31-18-8-6-16(15-35)7-9-18/h2-14,35-36H,15H2,(H,31,37). The Labute approximate surface area is 210 Å². The molecule has 180 valence electrons. The molecule has 11 nitrogen and oxygen atoms in total. The average molecular weight is 490 g/mol. The zero-order valence-electron chi connectivity index (χ0n) is 19.1. The van der Waals surface area contributed by atoms with Crippen molar-refractivity contribution in [2.75, 3.05) is 5.32 Å². The van der Waals surface area contributed by atoms with Gasteiger partial charge in [-0.15, -0.1) is 10.2 Å². The predicted molar refractivity (Wildman–Crippen MR) is 136 cm³/mol. The summed E-state index contributed by atoms with van der Waals surface area (Å²) in [5, 5.41) is 36.9. The third-order valence-corrected chi connectivity index (χ3v) is 5.49. The van der Waals surface area contributed by atoms with Gasteiger partial charge in [0.25, 0.3) is 11.6 Å². The fourth-order valence-electron chi connectivity index (χ4n) is 3.66. The quantitative estimate of drug-likeness (QED) is 0.220. The second-order valence-corrected chi connectivity index (χ2v) is 7.79. The first-order valence-electron chi connectivity index (χ1n) is 11.0. The van der Waals surface area contributed by atoms with Crippen LogP contribution < -0.4 is 5.32 Å². The molecular formula is C26H18N8O3. The van der Waals surface area contributed by atoms with E-state index in [9.17, 15) is 15.0 Å². The van der Waals surface area contributed by atoms with Crippen molar-refractivity contribution < 1.29 is 15.0 Å². The SMILES string of the molecule is [C-]#[N+]c1cnn(-c2cnccn2)c1N=Nc1c(O)c(C(=O)Nc2ccc(CO)cc2)cc2ccccc12. The fourth-order valence-corrected chi connectivity index (χ4v) is 3.66. The number of benzene rings is 3. The zero-order chi connectivity index (χ0) is 25.8. The highest BCUT2D eigenvalue weighted by molar-refractivity contribution is 6.11. The number of hydrogen-bond acceptors (Lipinski definition) is 8. The van der Waals surface area contributed by atoms with E-state index in [1.807, 2.05) is 0 Å². The number of carbonyl (C=O) groups excluding carboxylic acids is 1. The summed E-state index contributed by atoms with van der Waals surface area (Å²) in [6.07, 6.45) is 5.78. The van der Waals surface area contributed by atoms with Gasteiger partial charge in [-0.3, -0.25) is 9.78 Å². The van der Waals surface area contributed by atoms with Crippen LogP contribution in [0.15, 0.2) is 89.6 Å². The van der Waals surface area contributed by atoms with Gasteiger partial charge < -0.3 is 15.5 Å². The Morgan fingerprint density at radius 2 is 1.89 bits per heavy atom. The van der Waals surface area contributed by atoms with Crippen LogP contribution in [0.2, 0.25) is 0 Å². The van der Waals surface area contributed by atoms with Gasteiger partial charge >= 0.3 is 0 Å². The van der Waals surface area contributed by atoms with Crippen LogP contribution in [-0.4, -0.2) is 35.9 Å². The number of nitrogens with one attached hydrogen (secondary N) is 1. The number of azo groups is 1. The normalized spacial score (nSPS) is 11.0. The van der Waals surface area contributed by atoms with Crippen molar-refractivity contribution in [2.45, 2.75) is 6.61 Å². The molecule has 0 bridgehead atoms. The molecule has 11 heteroatoms. The largest absolute Gasteiger partial charge is 0.505 e. The first-order chi connectivity index (χ1) is 18.1. The molecule has 0 aliphatic carbocycles. The maximum absolute atomic E-state index is 13.1. The molecule has 0 unspecified atom stereocenters. The number of aromatic hydroxyl groups is 1. The summed E-state index contributed by atoms with van der Waals surface area (Å²) < 4.78 is 1.32. The minimum absolute atomic E-state index is 0.00767. The van der Waals surface area contributed by atoms with Gasteiger partial charge in [-0.2, -0.15) is 5.10 Å². The van der Waals surface area contributed by atoms with Crippen LogP contribution in [0.5, 0.6) is 5.75 Å². The third-order valence-electron chi connectivity index (χ3n) is 5.49. The van der Waals surface area contributed by atoms with Gasteiger partial charge in [0.15, 0.2) is 17.4 Å². The van der Waals surface area contributed by atoms with E-state index in [1.165, 1.54) is 29.5 Å². The topological polar surface area (TPSA) is 142 Å². The molecule has 0 saturated carbocycles. The Bertz CT molecular complexity index is 1670. The van der Waals surface area contributed by atoms with E-state index in [-0.39, 0.29) is 35.1 Å². The molecule has 0 saturated heterocycles. The molecule has 0 radical (unpaired) electrons. The summed E-state index contributed by atoms with van der Waals surface area (Å²) in [4.78, 5) is 24.7. The highest BCUT2D eigenvalue weighted by Gasteiger charge is 2.20. The van der Waals surface area contributed by atoms with Crippen LogP contribution >= 0.6 is 0 Å². The third kappa shape index (κ3) is 4.60. The lowest BCUT2D eigenvalue weighted by Crippen LogP contribution is -2.12. The van der Waals surface area contributed by atoms with Crippen molar-refractivity contribution in [1.29, 1.82) is 0 Å². The van der Waals surface area contributed by atoms with Crippen LogP contribution in [-0.2, 0) is 6.61 Å². The first kappa shape index (κ1) is 23.3. The minimum atomic E-state index is -0.553. The van der Waals surface area contributed by atoms with E-state index in [1.54, 1.807) is 54.6 Å². The molecule has 0 aliphatic rings. The Morgan fingerprint density at radius 1 is 1.08 bits per heavy atom. The average Bonchev–Trinajstić information content (AvgIpc) is 3.36. The minimum Gasteiger partial charge on any atom is -0.505 e. The number of fused-ring (bicyclic) bond motifs is 1. The van der Waals surface area contributed by atoms with Gasteiger partial charge in [-0.1, -0.05) is 36.4 Å². The molecule has 2 heterocycles. The molecule has 5 rings (SSSR count). The monoisotopic (exact) mass is 490 g/mol. The van der Waals surface area contributed by atoms with Gasteiger partial charge in [0.2, 0.25) is 0 Å². The van der Waals surface area contributed by atoms with Crippen LogP contribution in [0, 0.1) is 6.57 Å². The predicted octanol–water partition coefficient (Wildman–Crippen LogP) is 5.23. The molecule has 3 N–H and O–H groups in total. The highest BCUT2D eigenvalue weighted by Crippen LogP contribution is 2.40. The first-order valence-corrected chi connectivity index (χ1v) is 11.0. The summed E-state index contributed by atoms with van der Waals surface area (Å²) in [7, 11) is 0. The molecule has 37 heavy (non-hydrogen) atoms. The van der Waals surface area contributed by atoms with Crippen LogP contribution in [0.25, 0.3) is 21.4 Å². The van der Waals surface area contributed by atoms with E-state index in [0.717, 1.165) is 0 Å². The number of phenols is 1. The van der Waals surface area contributed by atoms with Gasteiger partial charge in [0.1, 0.15) is 5.69 Å². The zero-order valence-corrected chi connectivity index (χ0v) is 19.1. The summed E-state index contributed by atoms with van der Waals surface area (Å²) >= 11 is 0. The summed E-state index contributed by atoms with van der Waals surface area (Å²) in [6, 6.07) is 15.4. The molecule has 0 fully saturated rings. The number of aliphatic hydroxyl groups excluding tert-OH is 1. The lowest BCUT2D eigenvalue weighted by atomic mass is 10.0. The van der Waals surface area contributed by atoms with E-state index < -0.39 is 5.91 Å². The molecule has 5 aromatic rings. The maximum Gasteiger partial charge on any atom is 0.259 e.